The van der Waals surface area contributed by atoms with Crippen molar-refractivity contribution in [3.63, 3.8) is 0 Å². The molecule has 2 heteroatoms. The first kappa shape index (κ1) is 15.4. The molecule has 0 saturated heterocycles. The van der Waals surface area contributed by atoms with E-state index in [1.165, 1.54) is 0 Å². The Hall–Kier alpha value is -1.57. The van der Waals surface area contributed by atoms with E-state index in [4.69, 9.17) is 4.74 Å². The lowest BCUT2D eigenvalue weighted by Gasteiger charge is -2.06. The maximum atomic E-state index is 11.9. The molecule has 0 aromatic rings. The van der Waals surface area contributed by atoms with E-state index in [9.17, 15) is 4.79 Å². The van der Waals surface area contributed by atoms with Crippen molar-refractivity contribution < 1.29 is 9.53 Å². The molecule has 0 atom stereocenters. The Balaban J connectivity index is 4.48. The molecule has 0 rings (SSSR count). The summed E-state index contributed by atoms with van der Waals surface area (Å²) in [7, 11) is 0. The van der Waals surface area contributed by atoms with Gasteiger partial charge in [0.25, 0.3) is 0 Å². The third-order valence-electron chi connectivity index (χ3n) is 2.18. The second-order valence-corrected chi connectivity index (χ2v) is 3.56. The van der Waals surface area contributed by atoms with Gasteiger partial charge in [-0.25, -0.2) is 0 Å². The summed E-state index contributed by atoms with van der Waals surface area (Å²) in [5.41, 5.74) is 0.717. The van der Waals surface area contributed by atoms with Crippen LogP contribution in [0, 0.1) is 0 Å². The van der Waals surface area contributed by atoms with Crippen LogP contribution < -0.4 is 0 Å². The second kappa shape index (κ2) is 9.64. The SMILES string of the molecule is C=C/C(=C\C)OCC(=O)C(/C=C\C)=C/CCC. The minimum absolute atomic E-state index is 0.00208. The number of ether oxygens (including phenoxy) is 1. The van der Waals surface area contributed by atoms with Crippen LogP contribution in [-0.4, -0.2) is 12.4 Å². The second-order valence-electron chi connectivity index (χ2n) is 3.56. The molecule has 0 fully saturated rings. The number of carbonyl (C=O) groups excluding carboxylic acids is 1. The lowest BCUT2D eigenvalue weighted by molar-refractivity contribution is -0.118. The summed E-state index contributed by atoms with van der Waals surface area (Å²) in [4.78, 5) is 11.9. The monoisotopic (exact) mass is 234 g/mol. The third kappa shape index (κ3) is 6.56. The highest BCUT2D eigenvalue weighted by molar-refractivity contribution is 5.98. The largest absolute Gasteiger partial charge is 0.486 e. The summed E-state index contributed by atoms with van der Waals surface area (Å²) in [5, 5.41) is 0. The zero-order chi connectivity index (χ0) is 13.1. The Morgan fingerprint density at radius 3 is 2.53 bits per heavy atom. The number of carbonyl (C=O) groups is 1. The Morgan fingerprint density at radius 2 is 2.06 bits per heavy atom. The smallest absolute Gasteiger partial charge is 0.199 e. The summed E-state index contributed by atoms with van der Waals surface area (Å²) >= 11 is 0. The minimum Gasteiger partial charge on any atom is -0.486 e. The van der Waals surface area contributed by atoms with E-state index in [0.717, 1.165) is 12.8 Å². The van der Waals surface area contributed by atoms with Crippen molar-refractivity contribution in [3.05, 3.63) is 48.3 Å². The van der Waals surface area contributed by atoms with Crippen molar-refractivity contribution >= 4 is 5.78 Å². The minimum atomic E-state index is -0.00208. The number of rotatable bonds is 8. The highest BCUT2D eigenvalue weighted by Crippen LogP contribution is 2.06. The average Bonchev–Trinajstić information content (AvgIpc) is 2.35. The van der Waals surface area contributed by atoms with Crippen molar-refractivity contribution in [2.75, 3.05) is 6.61 Å². The number of unbranched alkanes of at least 4 members (excludes halogenated alkanes) is 1. The van der Waals surface area contributed by atoms with Crippen molar-refractivity contribution in [1.82, 2.24) is 0 Å². The number of hydrogen-bond donors (Lipinski definition) is 0. The van der Waals surface area contributed by atoms with Gasteiger partial charge in [-0.05, 0) is 32.4 Å². The summed E-state index contributed by atoms with van der Waals surface area (Å²) in [6, 6.07) is 0. The third-order valence-corrected chi connectivity index (χ3v) is 2.18. The average molecular weight is 234 g/mol. The zero-order valence-corrected chi connectivity index (χ0v) is 11.0. The highest BCUT2D eigenvalue weighted by atomic mass is 16.5. The van der Waals surface area contributed by atoms with E-state index in [-0.39, 0.29) is 12.4 Å². The molecule has 0 bridgehead atoms. The quantitative estimate of drug-likeness (QED) is 0.361. The van der Waals surface area contributed by atoms with Crippen LogP contribution in [-0.2, 0) is 9.53 Å². The first-order valence-electron chi connectivity index (χ1n) is 5.97. The van der Waals surface area contributed by atoms with Gasteiger partial charge < -0.3 is 4.74 Å². The van der Waals surface area contributed by atoms with Gasteiger partial charge in [0, 0.05) is 5.57 Å². The molecule has 0 aromatic carbocycles. The molecule has 0 heterocycles. The van der Waals surface area contributed by atoms with Crippen LogP contribution in [0.5, 0.6) is 0 Å². The van der Waals surface area contributed by atoms with Gasteiger partial charge in [-0.15, -0.1) is 0 Å². The van der Waals surface area contributed by atoms with E-state index >= 15 is 0 Å². The molecule has 0 aliphatic carbocycles. The standard InChI is InChI=1S/C15H22O2/c1-5-9-11-13(10-6-2)15(16)12-17-14(7-3)8-4/h6-8,10-11H,3,5,9,12H2,1-2,4H3/b10-6-,13-11+,14-8+. The highest BCUT2D eigenvalue weighted by Gasteiger charge is 2.07. The van der Waals surface area contributed by atoms with Crippen LogP contribution in [0.3, 0.4) is 0 Å². The molecule has 0 saturated carbocycles. The normalized spacial score (nSPS) is 12.9. The molecule has 2 nitrogen and oxygen atoms in total. The fourth-order valence-corrected chi connectivity index (χ4v) is 1.25. The summed E-state index contributed by atoms with van der Waals surface area (Å²) in [6.45, 7) is 9.50. The van der Waals surface area contributed by atoms with Crippen LogP contribution >= 0.6 is 0 Å². The Bertz CT molecular complexity index is 333. The lowest BCUT2D eigenvalue weighted by Crippen LogP contribution is -2.09. The Labute approximate surface area is 104 Å². The fraction of sp³-hybridized carbons (Fsp3) is 0.400. The lowest BCUT2D eigenvalue weighted by atomic mass is 10.1. The predicted molar refractivity (Wildman–Crippen MR) is 72.7 cm³/mol. The summed E-state index contributed by atoms with van der Waals surface area (Å²) in [5.74, 6) is 0.631. The summed E-state index contributed by atoms with van der Waals surface area (Å²) < 4.78 is 5.33. The van der Waals surface area contributed by atoms with E-state index < -0.39 is 0 Å². The molecule has 0 spiro atoms. The predicted octanol–water partition coefficient (Wildman–Crippen LogP) is 3.96. The van der Waals surface area contributed by atoms with Crippen molar-refractivity contribution in [2.45, 2.75) is 33.6 Å². The molecule has 0 amide bonds. The van der Waals surface area contributed by atoms with Crippen LogP contribution in [0.25, 0.3) is 0 Å². The van der Waals surface area contributed by atoms with Gasteiger partial charge >= 0.3 is 0 Å². The van der Waals surface area contributed by atoms with E-state index in [1.807, 2.05) is 32.1 Å². The molecule has 17 heavy (non-hydrogen) atoms. The molecule has 94 valence electrons. The van der Waals surface area contributed by atoms with Crippen LogP contribution in [0.4, 0.5) is 0 Å². The molecule has 0 aromatic heterocycles. The number of Topliss-reactive ketones (excluding diaryl/α,β-unsaturated/α-hetero) is 1. The van der Waals surface area contributed by atoms with Crippen LogP contribution in [0.15, 0.2) is 48.3 Å². The van der Waals surface area contributed by atoms with Crippen LogP contribution in [0.2, 0.25) is 0 Å². The Kier molecular flexibility index (Phi) is 8.75. The molecule has 0 N–H and O–H groups in total. The number of ketones is 1. The molecular weight excluding hydrogens is 212 g/mol. The van der Waals surface area contributed by atoms with Crippen molar-refractivity contribution in [2.24, 2.45) is 0 Å². The van der Waals surface area contributed by atoms with Gasteiger partial charge in [0.15, 0.2) is 12.4 Å². The van der Waals surface area contributed by atoms with Gasteiger partial charge in [0.2, 0.25) is 0 Å². The van der Waals surface area contributed by atoms with E-state index in [1.54, 1.807) is 12.2 Å². The van der Waals surface area contributed by atoms with Gasteiger partial charge in [-0.1, -0.05) is 38.2 Å². The topological polar surface area (TPSA) is 26.3 Å². The first-order valence-corrected chi connectivity index (χ1v) is 5.97. The van der Waals surface area contributed by atoms with Gasteiger partial charge in [0.1, 0.15) is 5.76 Å². The number of allylic oxidation sites excluding steroid dienone is 5. The molecular formula is C15H22O2. The summed E-state index contributed by atoms with van der Waals surface area (Å²) in [6.07, 6.45) is 11.0. The van der Waals surface area contributed by atoms with Gasteiger partial charge in [-0.3, -0.25) is 4.79 Å². The molecule has 0 aliphatic rings. The van der Waals surface area contributed by atoms with E-state index in [0.29, 0.717) is 11.3 Å². The van der Waals surface area contributed by atoms with Gasteiger partial charge in [-0.2, -0.15) is 0 Å². The maximum Gasteiger partial charge on any atom is 0.199 e. The van der Waals surface area contributed by atoms with E-state index in [2.05, 4.69) is 13.5 Å². The molecule has 0 unspecified atom stereocenters. The fourth-order valence-electron chi connectivity index (χ4n) is 1.25. The molecule has 0 radical (unpaired) electrons. The maximum absolute atomic E-state index is 11.9. The van der Waals surface area contributed by atoms with Gasteiger partial charge in [0.05, 0.1) is 0 Å². The van der Waals surface area contributed by atoms with Crippen molar-refractivity contribution in [1.29, 1.82) is 0 Å². The molecule has 0 aliphatic heterocycles. The zero-order valence-electron chi connectivity index (χ0n) is 11.0. The number of hydrogen-bond acceptors (Lipinski definition) is 2. The Morgan fingerprint density at radius 1 is 1.35 bits per heavy atom. The first-order chi connectivity index (χ1) is 8.19. The van der Waals surface area contributed by atoms with Crippen molar-refractivity contribution in [3.8, 4) is 0 Å². The van der Waals surface area contributed by atoms with Crippen LogP contribution in [0.1, 0.15) is 33.6 Å².